The molecule has 2 rings (SSSR count). The minimum Gasteiger partial charge on any atom is -0.393 e. The van der Waals surface area contributed by atoms with Gasteiger partial charge in [-0.15, -0.1) is 0 Å². The van der Waals surface area contributed by atoms with Crippen molar-refractivity contribution in [2.75, 3.05) is 13.1 Å². The van der Waals surface area contributed by atoms with Gasteiger partial charge in [0.15, 0.2) is 0 Å². The first kappa shape index (κ1) is 13.8. The van der Waals surface area contributed by atoms with Gasteiger partial charge in [0.2, 0.25) is 5.91 Å². The van der Waals surface area contributed by atoms with E-state index in [0.717, 1.165) is 19.3 Å². The molecule has 2 unspecified atom stereocenters. The molecule has 4 nitrogen and oxygen atoms in total. The average Bonchev–Trinajstić information content (AvgIpc) is 2.88. The van der Waals surface area contributed by atoms with Gasteiger partial charge in [0.05, 0.1) is 12.6 Å². The zero-order chi connectivity index (χ0) is 12.8. The maximum Gasteiger partial charge on any atom is 0.233 e. The number of carbonyl (C=O) groups excluding carboxylic acids is 1. The van der Waals surface area contributed by atoms with Crippen LogP contribution in [0.1, 0.15) is 51.4 Å². The number of rotatable bonds is 5. The van der Waals surface area contributed by atoms with Crippen LogP contribution < -0.4 is 10.6 Å². The van der Waals surface area contributed by atoms with Gasteiger partial charge in [-0.25, -0.2) is 0 Å². The summed E-state index contributed by atoms with van der Waals surface area (Å²) in [5.74, 6) is 0.328. The third-order valence-corrected chi connectivity index (χ3v) is 4.34. The molecule has 2 aliphatic carbocycles. The molecule has 1 amide bonds. The summed E-state index contributed by atoms with van der Waals surface area (Å²) in [6.07, 6.45) is 8.98. The van der Waals surface area contributed by atoms with Gasteiger partial charge >= 0.3 is 0 Å². The monoisotopic (exact) mass is 254 g/mol. The molecule has 2 fully saturated rings. The van der Waals surface area contributed by atoms with Crippen molar-refractivity contribution < 1.29 is 9.90 Å². The SMILES string of the molecule is O=C(CNC1CCCC1)NCC1CCCCC1O. The Morgan fingerprint density at radius 1 is 1.06 bits per heavy atom. The van der Waals surface area contributed by atoms with Gasteiger partial charge in [0, 0.05) is 18.5 Å². The van der Waals surface area contributed by atoms with Crippen molar-refractivity contribution >= 4 is 5.91 Å². The summed E-state index contributed by atoms with van der Waals surface area (Å²) in [5, 5.41) is 16.1. The summed E-state index contributed by atoms with van der Waals surface area (Å²) in [6, 6.07) is 0.538. The standard InChI is InChI=1S/C14H26N2O2/c17-13-8-4-1-5-11(13)9-16-14(18)10-15-12-6-2-3-7-12/h11-13,15,17H,1-10H2,(H,16,18). The van der Waals surface area contributed by atoms with Gasteiger partial charge in [-0.3, -0.25) is 4.79 Å². The molecule has 4 heteroatoms. The number of aliphatic hydroxyl groups excluding tert-OH is 1. The third kappa shape index (κ3) is 4.25. The highest BCUT2D eigenvalue weighted by Gasteiger charge is 2.23. The minimum atomic E-state index is -0.221. The number of amides is 1. The maximum absolute atomic E-state index is 11.7. The van der Waals surface area contributed by atoms with Crippen molar-refractivity contribution in [3.63, 3.8) is 0 Å². The van der Waals surface area contributed by atoms with E-state index in [2.05, 4.69) is 10.6 Å². The smallest absolute Gasteiger partial charge is 0.233 e. The Hall–Kier alpha value is -0.610. The van der Waals surface area contributed by atoms with E-state index in [1.165, 1.54) is 32.1 Å². The Morgan fingerprint density at radius 2 is 1.72 bits per heavy atom. The molecule has 0 aromatic heterocycles. The van der Waals surface area contributed by atoms with Crippen LogP contribution in [0.4, 0.5) is 0 Å². The van der Waals surface area contributed by atoms with Crippen molar-refractivity contribution in [3.05, 3.63) is 0 Å². The van der Waals surface area contributed by atoms with Crippen LogP contribution in [0.5, 0.6) is 0 Å². The Labute approximate surface area is 110 Å². The Morgan fingerprint density at radius 3 is 2.44 bits per heavy atom. The van der Waals surface area contributed by atoms with E-state index in [-0.39, 0.29) is 17.9 Å². The molecule has 0 heterocycles. The highest BCUT2D eigenvalue weighted by atomic mass is 16.3. The number of carbonyl (C=O) groups is 1. The molecule has 18 heavy (non-hydrogen) atoms. The zero-order valence-electron chi connectivity index (χ0n) is 11.2. The molecular formula is C14H26N2O2. The summed E-state index contributed by atoms with van der Waals surface area (Å²) in [6.45, 7) is 1.06. The average molecular weight is 254 g/mol. The first-order valence-electron chi connectivity index (χ1n) is 7.44. The first-order chi connectivity index (χ1) is 8.75. The third-order valence-electron chi connectivity index (χ3n) is 4.34. The zero-order valence-corrected chi connectivity index (χ0v) is 11.2. The molecule has 2 atom stereocenters. The molecule has 0 aliphatic heterocycles. The number of hydrogen-bond donors (Lipinski definition) is 3. The summed E-state index contributed by atoms with van der Waals surface area (Å²) < 4.78 is 0. The molecule has 3 N–H and O–H groups in total. The molecule has 0 aromatic rings. The fourth-order valence-corrected chi connectivity index (χ4v) is 3.10. The predicted molar refractivity (Wildman–Crippen MR) is 71.2 cm³/mol. The first-order valence-corrected chi connectivity index (χ1v) is 7.44. The van der Waals surface area contributed by atoms with Crippen LogP contribution in [0.15, 0.2) is 0 Å². The van der Waals surface area contributed by atoms with Crippen molar-refractivity contribution in [3.8, 4) is 0 Å². The maximum atomic E-state index is 11.7. The summed E-state index contributed by atoms with van der Waals surface area (Å²) >= 11 is 0. The Bertz CT molecular complexity index is 265. The van der Waals surface area contributed by atoms with E-state index in [1.807, 2.05) is 0 Å². The lowest BCUT2D eigenvalue weighted by molar-refractivity contribution is -0.120. The van der Waals surface area contributed by atoms with Crippen LogP contribution in [0.25, 0.3) is 0 Å². The molecule has 0 bridgehead atoms. The van der Waals surface area contributed by atoms with Crippen LogP contribution in [-0.2, 0) is 4.79 Å². The van der Waals surface area contributed by atoms with Crippen molar-refractivity contribution in [1.29, 1.82) is 0 Å². The molecular weight excluding hydrogens is 228 g/mol. The van der Waals surface area contributed by atoms with E-state index in [9.17, 15) is 9.90 Å². The molecule has 0 radical (unpaired) electrons. The molecule has 0 saturated heterocycles. The van der Waals surface area contributed by atoms with Crippen LogP contribution in [0.3, 0.4) is 0 Å². The van der Waals surface area contributed by atoms with Crippen molar-refractivity contribution in [2.24, 2.45) is 5.92 Å². The van der Waals surface area contributed by atoms with Crippen LogP contribution in [0, 0.1) is 5.92 Å². The Balaban J connectivity index is 1.58. The van der Waals surface area contributed by atoms with Crippen LogP contribution in [-0.4, -0.2) is 36.2 Å². The van der Waals surface area contributed by atoms with E-state index in [0.29, 0.717) is 19.1 Å². The van der Waals surface area contributed by atoms with Gasteiger partial charge in [-0.05, 0) is 25.7 Å². The largest absolute Gasteiger partial charge is 0.393 e. The van der Waals surface area contributed by atoms with Crippen molar-refractivity contribution in [2.45, 2.75) is 63.5 Å². The van der Waals surface area contributed by atoms with Gasteiger partial charge in [0.25, 0.3) is 0 Å². The van der Waals surface area contributed by atoms with Gasteiger partial charge in [-0.2, -0.15) is 0 Å². The van der Waals surface area contributed by atoms with Gasteiger partial charge < -0.3 is 15.7 Å². The summed E-state index contributed by atoms with van der Waals surface area (Å²) in [4.78, 5) is 11.7. The normalized spacial score (nSPS) is 29.4. The highest BCUT2D eigenvalue weighted by molar-refractivity contribution is 5.78. The number of hydrogen-bond acceptors (Lipinski definition) is 3. The summed E-state index contributed by atoms with van der Waals surface area (Å²) in [5.41, 5.74) is 0. The second-order valence-corrected chi connectivity index (χ2v) is 5.78. The van der Waals surface area contributed by atoms with Gasteiger partial charge in [0.1, 0.15) is 0 Å². The Kier molecular flexibility index (Phi) is 5.45. The topological polar surface area (TPSA) is 61.4 Å². The highest BCUT2D eigenvalue weighted by Crippen LogP contribution is 2.23. The minimum absolute atomic E-state index is 0.0691. The fourth-order valence-electron chi connectivity index (χ4n) is 3.10. The number of aliphatic hydroxyl groups is 1. The quantitative estimate of drug-likeness (QED) is 0.690. The lowest BCUT2D eigenvalue weighted by Gasteiger charge is -2.27. The molecule has 0 spiro atoms. The van der Waals surface area contributed by atoms with E-state index in [1.54, 1.807) is 0 Å². The lowest BCUT2D eigenvalue weighted by atomic mass is 9.86. The van der Waals surface area contributed by atoms with E-state index >= 15 is 0 Å². The molecule has 0 aromatic carbocycles. The lowest BCUT2D eigenvalue weighted by Crippen LogP contribution is -2.42. The predicted octanol–water partition coefficient (Wildman–Crippen LogP) is 1.19. The fraction of sp³-hybridized carbons (Fsp3) is 0.929. The second kappa shape index (κ2) is 7.10. The summed E-state index contributed by atoms with van der Waals surface area (Å²) in [7, 11) is 0. The number of nitrogens with one attached hydrogen (secondary N) is 2. The van der Waals surface area contributed by atoms with Crippen LogP contribution >= 0.6 is 0 Å². The second-order valence-electron chi connectivity index (χ2n) is 5.78. The molecule has 2 aliphatic rings. The van der Waals surface area contributed by atoms with Crippen molar-refractivity contribution in [1.82, 2.24) is 10.6 Å². The van der Waals surface area contributed by atoms with E-state index in [4.69, 9.17) is 0 Å². The van der Waals surface area contributed by atoms with Crippen LogP contribution in [0.2, 0.25) is 0 Å². The molecule has 104 valence electrons. The van der Waals surface area contributed by atoms with E-state index < -0.39 is 0 Å². The van der Waals surface area contributed by atoms with Gasteiger partial charge in [-0.1, -0.05) is 25.7 Å². The molecule has 2 saturated carbocycles.